The number of aryl methyl sites for hydroxylation is 1. The molecule has 0 saturated heterocycles. The van der Waals surface area contributed by atoms with Gasteiger partial charge in [-0.15, -0.1) is 0 Å². The molecule has 3 aromatic rings. The summed E-state index contributed by atoms with van der Waals surface area (Å²) in [5.41, 5.74) is 1.73. The Morgan fingerprint density at radius 1 is 0.941 bits per heavy atom. The van der Waals surface area contributed by atoms with Crippen molar-refractivity contribution >= 4 is 22.0 Å². The molecule has 0 spiro atoms. The molecule has 8 nitrogen and oxygen atoms in total. The summed E-state index contributed by atoms with van der Waals surface area (Å²) in [7, 11) is -3.06. The van der Waals surface area contributed by atoms with Crippen LogP contribution in [0.1, 0.15) is 33.1 Å². The van der Waals surface area contributed by atoms with E-state index in [4.69, 9.17) is 10.00 Å². The molecule has 1 N–H and O–H groups in total. The highest BCUT2D eigenvalue weighted by Crippen LogP contribution is 2.26. The van der Waals surface area contributed by atoms with Crippen LogP contribution in [-0.2, 0) is 19.5 Å². The monoisotopic (exact) mass is 478 g/mol. The molecule has 34 heavy (non-hydrogen) atoms. The fourth-order valence-electron chi connectivity index (χ4n) is 3.21. The highest BCUT2D eigenvalue weighted by Gasteiger charge is 2.37. The molecule has 0 aliphatic heterocycles. The smallest absolute Gasteiger partial charge is 0.438 e. The SMILES string of the molecule is COC(=O)O[C@H](C(=O)c1ccccc1)[C@@H](NS(=O)(=O)c1ccc(C)cc1)c1ccc(C#N)cc1. The van der Waals surface area contributed by atoms with E-state index in [0.717, 1.165) is 12.7 Å². The van der Waals surface area contributed by atoms with E-state index in [1.165, 1.54) is 48.5 Å². The predicted molar refractivity (Wildman–Crippen MR) is 123 cm³/mol. The van der Waals surface area contributed by atoms with Crippen molar-refractivity contribution in [3.63, 3.8) is 0 Å². The molecule has 0 aromatic heterocycles. The van der Waals surface area contributed by atoms with Crippen molar-refractivity contribution in [1.82, 2.24) is 4.72 Å². The second-order valence-electron chi connectivity index (χ2n) is 7.37. The van der Waals surface area contributed by atoms with Gasteiger partial charge < -0.3 is 9.47 Å². The Kier molecular flexibility index (Phi) is 7.79. The van der Waals surface area contributed by atoms with Gasteiger partial charge in [0.05, 0.1) is 29.7 Å². The number of carbonyl (C=O) groups excluding carboxylic acids is 2. The van der Waals surface area contributed by atoms with Gasteiger partial charge >= 0.3 is 6.16 Å². The van der Waals surface area contributed by atoms with E-state index in [2.05, 4.69) is 9.46 Å². The molecule has 0 heterocycles. The molecule has 2 atom stereocenters. The Balaban J connectivity index is 2.11. The summed E-state index contributed by atoms with van der Waals surface area (Å²) in [6, 6.07) is 20.8. The number of Topliss-reactive ketones (excluding diaryl/α,β-unsaturated/α-hetero) is 1. The number of hydrogen-bond donors (Lipinski definition) is 1. The van der Waals surface area contributed by atoms with Gasteiger partial charge in [0.15, 0.2) is 6.10 Å². The van der Waals surface area contributed by atoms with Crippen LogP contribution >= 0.6 is 0 Å². The molecule has 3 aromatic carbocycles. The highest BCUT2D eigenvalue weighted by atomic mass is 32.2. The van der Waals surface area contributed by atoms with Crippen molar-refractivity contribution in [3.8, 4) is 6.07 Å². The van der Waals surface area contributed by atoms with Crippen molar-refractivity contribution in [1.29, 1.82) is 5.26 Å². The van der Waals surface area contributed by atoms with E-state index in [1.807, 2.05) is 13.0 Å². The van der Waals surface area contributed by atoms with Crippen molar-refractivity contribution in [2.24, 2.45) is 0 Å². The second-order valence-corrected chi connectivity index (χ2v) is 9.08. The van der Waals surface area contributed by atoms with Crippen LogP contribution < -0.4 is 4.72 Å². The first kappa shape index (κ1) is 24.6. The number of rotatable bonds is 8. The van der Waals surface area contributed by atoms with E-state index in [0.29, 0.717) is 11.1 Å². The van der Waals surface area contributed by atoms with Gasteiger partial charge in [-0.25, -0.2) is 13.2 Å². The topological polar surface area (TPSA) is 123 Å². The molecule has 174 valence electrons. The van der Waals surface area contributed by atoms with Crippen LogP contribution in [0.15, 0.2) is 83.8 Å². The number of carbonyl (C=O) groups is 2. The lowest BCUT2D eigenvalue weighted by Crippen LogP contribution is -2.43. The fourth-order valence-corrected chi connectivity index (χ4v) is 4.44. The summed E-state index contributed by atoms with van der Waals surface area (Å²) < 4.78 is 38.8. The quantitative estimate of drug-likeness (QED) is 0.384. The average molecular weight is 479 g/mol. The number of benzene rings is 3. The van der Waals surface area contributed by atoms with Crippen molar-refractivity contribution in [2.75, 3.05) is 7.11 Å². The van der Waals surface area contributed by atoms with E-state index < -0.39 is 34.1 Å². The molecule has 0 aliphatic carbocycles. The predicted octanol–water partition coefficient (Wildman–Crippen LogP) is 3.92. The van der Waals surface area contributed by atoms with Gasteiger partial charge in [0.2, 0.25) is 15.8 Å². The van der Waals surface area contributed by atoms with Gasteiger partial charge in [0.1, 0.15) is 0 Å². The lowest BCUT2D eigenvalue weighted by atomic mass is 9.95. The first-order valence-corrected chi connectivity index (χ1v) is 11.7. The highest BCUT2D eigenvalue weighted by molar-refractivity contribution is 7.89. The van der Waals surface area contributed by atoms with Gasteiger partial charge in [-0.1, -0.05) is 60.2 Å². The molecular formula is C25H22N2O6S. The van der Waals surface area contributed by atoms with Crippen molar-refractivity contribution < 1.29 is 27.5 Å². The van der Waals surface area contributed by atoms with Crippen LogP contribution in [-0.4, -0.2) is 33.6 Å². The molecule has 0 amide bonds. The van der Waals surface area contributed by atoms with Crippen molar-refractivity contribution in [3.05, 3.63) is 101 Å². The van der Waals surface area contributed by atoms with Gasteiger partial charge in [0, 0.05) is 5.56 Å². The lowest BCUT2D eigenvalue weighted by molar-refractivity contribution is 0.0237. The van der Waals surface area contributed by atoms with Crippen LogP contribution in [0.4, 0.5) is 4.79 Å². The molecule has 0 saturated carbocycles. The van der Waals surface area contributed by atoms with Crippen LogP contribution in [0.25, 0.3) is 0 Å². The molecule has 9 heteroatoms. The van der Waals surface area contributed by atoms with Crippen LogP contribution in [0.3, 0.4) is 0 Å². The van der Waals surface area contributed by atoms with E-state index >= 15 is 0 Å². The Morgan fingerprint density at radius 2 is 1.56 bits per heavy atom. The standard InChI is InChI=1S/C25H22N2O6S/c1-17-8-14-21(15-9-17)34(30,31)27-22(19-12-10-18(16-26)11-13-19)24(33-25(29)32-2)23(28)20-6-4-3-5-7-20/h3-15,22,24,27H,1-2H3/t22-,24-/m0/s1. The molecule has 0 aliphatic rings. The maximum atomic E-state index is 13.4. The first-order valence-electron chi connectivity index (χ1n) is 10.2. The third-order valence-electron chi connectivity index (χ3n) is 5.02. The maximum Gasteiger partial charge on any atom is 0.508 e. The number of ketones is 1. The van der Waals surface area contributed by atoms with E-state index in [9.17, 15) is 18.0 Å². The fraction of sp³-hybridized carbons (Fsp3) is 0.160. The molecule has 3 rings (SSSR count). The molecule has 0 bridgehead atoms. The number of ether oxygens (including phenoxy) is 2. The molecule has 0 unspecified atom stereocenters. The van der Waals surface area contributed by atoms with Crippen LogP contribution in [0.2, 0.25) is 0 Å². The number of hydrogen-bond acceptors (Lipinski definition) is 7. The Bertz CT molecular complexity index is 1300. The van der Waals surface area contributed by atoms with E-state index in [-0.39, 0.29) is 10.5 Å². The van der Waals surface area contributed by atoms with Gasteiger partial charge in [-0.3, -0.25) is 4.79 Å². The second kappa shape index (κ2) is 10.7. The van der Waals surface area contributed by atoms with Crippen molar-refractivity contribution in [2.45, 2.75) is 24.0 Å². The zero-order valence-electron chi connectivity index (χ0n) is 18.5. The first-order chi connectivity index (χ1) is 16.2. The van der Waals surface area contributed by atoms with Crippen LogP contribution in [0.5, 0.6) is 0 Å². The normalized spacial score (nSPS) is 12.7. The van der Waals surface area contributed by atoms with E-state index in [1.54, 1.807) is 30.3 Å². The Morgan fingerprint density at radius 3 is 2.12 bits per heavy atom. The Hall–Kier alpha value is -4.00. The number of nitrogens with zero attached hydrogens (tertiary/aromatic N) is 1. The zero-order valence-corrected chi connectivity index (χ0v) is 19.3. The molecular weight excluding hydrogens is 456 g/mol. The molecule has 0 fully saturated rings. The summed E-state index contributed by atoms with van der Waals surface area (Å²) in [6.07, 6.45) is -2.74. The minimum atomic E-state index is -4.14. The summed E-state index contributed by atoms with van der Waals surface area (Å²) in [5, 5.41) is 9.12. The summed E-state index contributed by atoms with van der Waals surface area (Å²) in [5.74, 6) is -0.632. The zero-order chi connectivity index (χ0) is 24.7. The van der Waals surface area contributed by atoms with Gasteiger partial charge in [-0.05, 0) is 36.8 Å². The molecule has 0 radical (unpaired) electrons. The lowest BCUT2D eigenvalue weighted by Gasteiger charge is -2.27. The minimum Gasteiger partial charge on any atom is -0.438 e. The Labute approximate surface area is 197 Å². The van der Waals surface area contributed by atoms with Gasteiger partial charge in [0.25, 0.3) is 0 Å². The minimum absolute atomic E-state index is 0.0271. The van der Waals surface area contributed by atoms with Gasteiger partial charge in [-0.2, -0.15) is 9.98 Å². The average Bonchev–Trinajstić information content (AvgIpc) is 2.86. The number of methoxy groups -OCH3 is 1. The third kappa shape index (κ3) is 5.86. The maximum absolute atomic E-state index is 13.4. The number of nitrogens with one attached hydrogen (secondary N) is 1. The van der Waals surface area contributed by atoms with Crippen LogP contribution in [0, 0.1) is 18.3 Å². The summed E-state index contributed by atoms with van der Waals surface area (Å²) >= 11 is 0. The number of sulfonamides is 1. The summed E-state index contributed by atoms with van der Waals surface area (Å²) in [4.78, 5) is 25.4. The summed E-state index contributed by atoms with van der Waals surface area (Å²) in [6.45, 7) is 1.82. The largest absolute Gasteiger partial charge is 0.508 e. The third-order valence-corrected chi connectivity index (χ3v) is 6.48. The number of nitriles is 1.